The van der Waals surface area contributed by atoms with E-state index < -0.39 is 30.6 Å². The van der Waals surface area contributed by atoms with Gasteiger partial charge in [0.2, 0.25) is 11.7 Å². The molecule has 1 atom stereocenters. The van der Waals surface area contributed by atoms with Crippen molar-refractivity contribution in [2.75, 3.05) is 13.2 Å². The van der Waals surface area contributed by atoms with Crippen molar-refractivity contribution in [2.24, 2.45) is 0 Å². The zero-order valence-corrected chi connectivity index (χ0v) is 16.9. The van der Waals surface area contributed by atoms with Gasteiger partial charge in [0.15, 0.2) is 6.61 Å². The fraction of sp³-hybridized carbons (Fsp3) is 0.421. The van der Waals surface area contributed by atoms with Crippen LogP contribution in [0.4, 0.5) is 13.2 Å². The minimum Gasteiger partial charge on any atom is -0.468 e. The highest BCUT2D eigenvalue weighted by Gasteiger charge is 2.29. The largest absolute Gasteiger partial charge is 0.468 e. The van der Waals surface area contributed by atoms with Crippen molar-refractivity contribution in [1.82, 2.24) is 25.6 Å². The molecule has 0 radical (unpaired) electrons. The van der Waals surface area contributed by atoms with E-state index in [2.05, 4.69) is 30.3 Å². The van der Waals surface area contributed by atoms with E-state index in [0.717, 1.165) is 0 Å². The average Bonchev–Trinajstić information content (AvgIpc) is 2.65. The molecule has 2 rings (SSSR count). The maximum atomic E-state index is 12.6. The van der Waals surface area contributed by atoms with Crippen LogP contribution in [-0.4, -0.2) is 46.1 Å². The summed E-state index contributed by atoms with van der Waals surface area (Å²) in [6.07, 6.45) is -3.13. The van der Waals surface area contributed by atoms with E-state index >= 15 is 0 Å². The molecule has 0 saturated carbocycles. The van der Waals surface area contributed by atoms with Gasteiger partial charge in [-0.3, -0.25) is 9.59 Å². The number of hydrogen-bond acceptors (Lipinski definition) is 6. The molecule has 0 aliphatic rings. The maximum absolute atomic E-state index is 12.6. The van der Waals surface area contributed by atoms with Gasteiger partial charge < -0.3 is 15.4 Å². The summed E-state index contributed by atoms with van der Waals surface area (Å²) in [5, 5.41) is 5.29. The van der Waals surface area contributed by atoms with Gasteiger partial charge in [-0.25, -0.2) is 15.0 Å². The lowest BCUT2D eigenvalue weighted by molar-refractivity contribution is -0.154. The van der Waals surface area contributed by atoms with Crippen LogP contribution in [0.5, 0.6) is 5.88 Å². The standard InChI is InChI=1S/C19H22F3N5O3/c1-5-23-17(29)15-25-11(3)7-14(27-15)16(28)26-12(4)13-6-10(2)18(24-8-13)30-9-19(20,21)22/h6-8,12H,5,9H2,1-4H3,(H,23,29)(H,26,28). The minimum atomic E-state index is -4.46. The summed E-state index contributed by atoms with van der Waals surface area (Å²) in [5.41, 5.74) is 1.43. The summed E-state index contributed by atoms with van der Waals surface area (Å²) < 4.78 is 41.6. The molecule has 162 valence electrons. The number of carbonyl (C=O) groups excluding carboxylic acids is 2. The molecule has 11 heteroatoms. The average molecular weight is 425 g/mol. The Hall–Kier alpha value is -3.24. The van der Waals surface area contributed by atoms with Gasteiger partial charge in [-0.05, 0) is 45.4 Å². The Bertz CT molecular complexity index is 934. The van der Waals surface area contributed by atoms with Crippen LogP contribution in [0.25, 0.3) is 0 Å². The first-order chi connectivity index (χ1) is 14.0. The topological polar surface area (TPSA) is 106 Å². The number of amides is 2. The second kappa shape index (κ2) is 9.51. The highest BCUT2D eigenvalue weighted by Crippen LogP contribution is 2.22. The Balaban J connectivity index is 2.12. The van der Waals surface area contributed by atoms with Gasteiger partial charge in [-0.15, -0.1) is 0 Å². The number of aromatic nitrogens is 3. The van der Waals surface area contributed by atoms with Gasteiger partial charge in [0.25, 0.3) is 11.8 Å². The molecule has 0 aliphatic carbocycles. The normalized spacial score (nSPS) is 12.2. The Morgan fingerprint density at radius 1 is 1.17 bits per heavy atom. The van der Waals surface area contributed by atoms with Crippen LogP contribution in [0.2, 0.25) is 0 Å². The fourth-order valence-electron chi connectivity index (χ4n) is 2.50. The number of nitrogens with zero attached hydrogens (tertiary/aromatic N) is 3. The van der Waals surface area contributed by atoms with E-state index in [1.165, 1.54) is 12.3 Å². The monoisotopic (exact) mass is 425 g/mol. The molecule has 0 aromatic carbocycles. The molecule has 2 heterocycles. The van der Waals surface area contributed by atoms with Gasteiger partial charge in [0.1, 0.15) is 5.69 Å². The molecule has 0 fully saturated rings. The molecule has 0 bridgehead atoms. The van der Waals surface area contributed by atoms with Crippen LogP contribution < -0.4 is 15.4 Å². The minimum absolute atomic E-state index is 0.0189. The van der Waals surface area contributed by atoms with Gasteiger partial charge in [-0.1, -0.05) is 0 Å². The lowest BCUT2D eigenvalue weighted by atomic mass is 10.1. The van der Waals surface area contributed by atoms with Gasteiger partial charge in [-0.2, -0.15) is 13.2 Å². The van der Waals surface area contributed by atoms with E-state index in [-0.39, 0.29) is 17.4 Å². The lowest BCUT2D eigenvalue weighted by Crippen LogP contribution is -2.30. The van der Waals surface area contributed by atoms with Crippen molar-refractivity contribution in [3.05, 3.63) is 46.7 Å². The van der Waals surface area contributed by atoms with Crippen molar-refractivity contribution in [1.29, 1.82) is 0 Å². The molecule has 2 amide bonds. The number of hydrogen-bond donors (Lipinski definition) is 2. The van der Waals surface area contributed by atoms with Crippen LogP contribution in [0.3, 0.4) is 0 Å². The van der Waals surface area contributed by atoms with Gasteiger partial charge in [0, 0.05) is 24.0 Å². The number of pyridine rings is 1. The molecular formula is C19H22F3N5O3. The molecule has 2 aromatic rings. The number of alkyl halides is 3. The quantitative estimate of drug-likeness (QED) is 0.707. The molecular weight excluding hydrogens is 403 g/mol. The fourth-order valence-corrected chi connectivity index (χ4v) is 2.50. The van der Waals surface area contributed by atoms with Crippen LogP contribution in [0.1, 0.15) is 57.8 Å². The highest BCUT2D eigenvalue weighted by atomic mass is 19.4. The van der Waals surface area contributed by atoms with E-state index in [1.54, 1.807) is 33.8 Å². The van der Waals surface area contributed by atoms with Crippen molar-refractivity contribution >= 4 is 11.8 Å². The van der Waals surface area contributed by atoms with Crippen LogP contribution in [0.15, 0.2) is 18.3 Å². The number of ether oxygens (including phenoxy) is 1. The third kappa shape index (κ3) is 6.39. The smallest absolute Gasteiger partial charge is 0.422 e. The Morgan fingerprint density at radius 2 is 1.87 bits per heavy atom. The Kier molecular flexibility index (Phi) is 7.30. The molecule has 0 saturated heterocycles. The summed E-state index contributed by atoms with van der Waals surface area (Å²) in [5.74, 6) is -1.27. The summed E-state index contributed by atoms with van der Waals surface area (Å²) in [6.45, 7) is 5.58. The second-order valence-electron chi connectivity index (χ2n) is 6.57. The molecule has 0 spiro atoms. The Morgan fingerprint density at radius 3 is 2.47 bits per heavy atom. The molecule has 30 heavy (non-hydrogen) atoms. The first kappa shape index (κ1) is 23.0. The number of aryl methyl sites for hydroxylation is 2. The lowest BCUT2D eigenvalue weighted by Gasteiger charge is -2.16. The SMILES string of the molecule is CCNC(=O)c1nc(C)cc(C(=O)NC(C)c2cnc(OCC(F)(F)F)c(C)c2)n1. The maximum Gasteiger partial charge on any atom is 0.422 e. The third-order valence-corrected chi connectivity index (χ3v) is 3.90. The molecule has 2 aromatic heterocycles. The van der Waals surface area contributed by atoms with Crippen LogP contribution in [0, 0.1) is 13.8 Å². The second-order valence-corrected chi connectivity index (χ2v) is 6.57. The van der Waals surface area contributed by atoms with Crippen LogP contribution >= 0.6 is 0 Å². The summed E-state index contributed by atoms with van der Waals surface area (Å²) in [6, 6.07) is 2.50. The van der Waals surface area contributed by atoms with E-state index in [4.69, 9.17) is 0 Å². The molecule has 2 N–H and O–H groups in total. The number of nitrogens with one attached hydrogen (secondary N) is 2. The zero-order chi connectivity index (χ0) is 22.5. The number of carbonyl (C=O) groups is 2. The van der Waals surface area contributed by atoms with Crippen molar-refractivity contribution in [3.63, 3.8) is 0 Å². The van der Waals surface area contributed by atoms with Crippen molar-refractivity contribution in [2.45, 2.75) is 39.9 Å². The van der Waals surface area contributed by atoms with Gasteiger partial charge in [0.05, 0.1) is 6.04 Å². The molecule has 1 unspecified atom stereocenters. The number of halogens is 3. The highest BCUT2D eigenvalue weighted by molar-refractivity contribution is 5.95. The summed E-state index contributed by atoms with van der Waals surface area (Å²) in [7, 11) is 0. The predicted molar refractivity (Wildman–Crippen MR) is 101 cm³/mol. The van der Waals surface area contributed by atoms with Crippen LogP contribution in [-0.2, 0) is 0 Å². The predicted octanol–water partition coefficient (Wildman–Crippen LogP) is 2.67. The van der Waals surface area contributed by atoms with Gasteiger partial charge >= 0.3 is 6.18 Å². The van der Waals surface area contributed by atoms with Crippen molar-refractivity contribution < 1.29 is 27.5 Å². The van der Waals surface area contributed by atoms with E-state index in [9.17, 15) is 22.8 Å². The Labute approximate surface area is 171 Å². The molecule has 8 nitrogen and oxygen atoms in total. The summed E-state index contributed by atoms with van der Waals surface area (Å²) in [4.78, 5) is 36.4. The number of rotatable bonds is 7. The van der Waals surface area contributed by atoms with E-state index in [0.29, 0.717) is 23.4 Å². The zero-order valence-electron chi connectivity index (χ0n) is 16.9. The third-order valence-electron chi connectivity index (χ3n) is 3.90. The first-order valence-electron chi connectivity index (χ1n) is 9.11. The molecule has 0 aliphatic heterocycles. The first-order valence-corrected chi connectivity index (χ1v) is 9.11. The van der Waals surface area contributed by atoms with Crippen molar-refractivity contribution in [3.8, 4) is 5.88 Å². The van der Waals surface area contributed by atoms with E-state index in [1.807, 2.05) is 0 Å². The summed E-state index contributed by atoms with van der Waals surface area (Å²) >= 11 is 0.